The lowest BCUT2D eigenvalue weighted by Gasteiger charge is -2.11. The number of ether oxygens (including phenoxy) is 1. The molecule has 0 atom stereocenters. The second-order valence-electron chi connectivity index (χ2n) is 5.04. The summed E-state index contributed by atoms with van der Waals surface area (Å²) in [5.74, 6) is -0.415. The van der Waals surface area contributed by atoms with Crippen molar-refractivity contribution in [1.82, 2.24) is 0 Å². The van der Waals surface area contributed by atoms with E-state index in [9.17, 15) is 4.79 Å². The fourth-order valence-corrected chi connectivity index (χ4v) is 2.58. The first kappa shape index (κ1) is 15.3. The number of halogens is 1. The van der Waals surface area contributed by atoms with Crippen LogP contribution in [0.3, 0.4) is 0 Å². The molecule has 1 N–H and O–H groups in total. The highest BCUT2D eigenvalue weighted by molar-refractivity contribution is 6.31. The maximum atomic E-state index is 11.5. The zero-order chi connectivity index (χ0) is 16.2. The van der Waals surface area contributed by atoms with Crippen molar-refractivity contribution in [2.24, 2.45) is 4.99 Å². The molecule has 0 spiro atoms. The van der Waals surface area contributed by atoms with E-state index in [0.717, 1.165) is 22.5 Å². The summed E-state index contributed by atoms with van der Waals surface area (Å²) in [6, 6.07) is 15.4. The minimum Gasteiger partial charge on any atom is -0.466 e. The summed E-state index contributed by atoms with van der Waals surface area (Å²) in [6.45, 7) is 0.353. The van der Waals surface area contributed by atoms with Crippen molar-refractivity contribution in [1.29, 1.82) is 0 Å². The number of benzodiazepines with no additional fused rings is 1. The Morgan fingerprint density at radius 3 is 2.78 bits per heavy atom. The SMILES string of the molecule is COC(=O)C=C1CN=C(c2ccccc2)c2cc(Cl)ccc2N1. The predicted octanol–water partition coefficient (Wildman–Crippen LogP) is 3.66. The fourth-order valence-electron chi connectivity index (χ4n) is 2.41. The van der Waals surface area contributed by atoms with Gasteiger partial charge in [-0.1, -0.05) is 41.9 Å². The van der Waals surface area contributed by atoms with E-state index in [1.165, 1.54) is 13.2 Å². The Morgan fingerprint density at radius 2 is 2.04 bits per heavy atom. The summed E-state index contributed by atoms with van der Waals surface area (Å²) < 4.78 is 4.69. The average Bonchev–Trinajstić information content (AvgIpc) is 2.74. The molecule has 0 aliphatic carbocycles. The molecule has 2 aromatic carbocycles. The van der Waals surface area contributed by atoms with E-state index < -0.39 is 5.97 Å². The topological polar surface area (TPSA) is 50.7 Å². The summed E-state index contributed by atoms with van der Waals surface area (Å²) >= 11 is 6.15. The van der Waals surface area contributed by atoms with Crippen molar-refractivity contribution in [3.8, 4) is 0 Å². The number of nitrogens with zero attached hydrogens (tertiary/aromatic N) is 1. The van der Waals surface area contributed by atoms with Crippen molar-refractivity contribution in [3.05, 3.63) is 76.5 Å². The average molecular weight is 327 g/mol. The Labute approximate surface area is 139 Å². The number of fused-ring (bicyclic) bond motifs is 1. The van der Waals surface area contributed by atoms with Crippen LogP contribution < -0.4 is 5.32 Å². The number of carbonyl (C=O) groups is 1. The lowest BCUT2D eigenvalue weighted by atomic mass is 10.0. The molecular formula is C18H15ClN2O2. The highest BCUT2D eigenvalue weighted by Crippen LogP contribution is 2.27. The first-order valence-corrected chi connectivity index (χ1v) is 7.50. The van der Waals surface area contributed by atoms with Crippen molar-refractivity contribution in [3.63, 3.8) is 0 Å². The van der Waals surface area contributed by atoms with Crippen molar-refractivity contribution >= 4 is 29.0 Å². The third-order valence-electron chi connectivity index (χ3n) is 3.48. The number of methoxy groups -OCH3 is 1. The Balaban J connectivity index is 2.11. The molecule has 1 heterocycles. The van der Waals surface area contributed by atoms with Gasteiger partial charge in [0.1, 0.15) is 0 Å². The van der Waals surface area contributed by atoms with Gasteiger partial charge in [-0.15, -0.1) is 0 Å². The van der Waals surface area contributed by atoms with Gasteiger partial charge in [-0.3, -0.25) is 4.99 Å². The number of anilines is 1. The number of hydrogen-bond donors (Lipinski definition) is 1. The molecule has 0 bridgehead atoms. The summed E-state index contributed by atoms with van der Waals surface area (Å²) in [4.78, 5) is 16.2. The van der Waals surface area contributed by atoms with Crippen LogP contribution in [0.2, 0.25) is 5.02 Å². The zero-order valence-electron chi connectivity index (χ0n) is 12.5. The molecule has 116 valence electrons. The van der Waals surface area contributed by atoms with Gasteiger partial charge in [0, 0.05) is 33.6 Å². The van der Waals surface area contributed by atoms with Crippen LogP contribution in [0.1, 0.15) is 11.1 Å². The van der Waals surface area contributed by atoms with E-state index in [2.05, 4.69) is 15.0 Å². The van der Waals surface area contributed by atoms with E-state index in [0.29, 0.717) is 17.3 Å². The zero-order valence-corrected chi connectivity index (χ0v) is 13.3. The van der Waals surface area contributed by atoms with Gasteiger partial charge in [-0.2, -0.15) is 0 Å². The standard InChI is InChI=1S/C18H15ClN2O2/c1-23-17(22)10-14-11-20-18(12-5-3-2-4-6-12)15-9-13(19)7-8-16(15)21-14/h2-10,21H,11H2,1H3. The quantitative estimate of drug-likeness (QED) is 0.677. The molecule has 1 aliphatic rings. The predicted molar refractivity (Wildman–Crippen MR) is 92.1 cm³/mol. The van der Waals surface area contributed by atoms with Crippen LogP contribution in [-0.4, -0.2) is 25.3 Å². The summed E-state index contributed by atoms with van der Waals surface area (Å²) in [5, 5.41) is 3.87. The molecule has 0 amide bonds. The largest absolute Gasteiger partial charge is 0.466 e. The fraction of sp³-hybridized carbons (Fsp3) is 0.111. The van der Waals surface area contributed by atoms with E-state index in [1.807, 2.05) is 42.5 Å². The maximum absolute atomic E-state index is 11.5. The van der Waals surface area contributed by atoms with Gasteiger partial charge >= 0.3 is 5.97 Å². The second kappa shape index (κ2) is 6.67. The van der Waals surface area contributed by atoms with E-state index in [4.69, 9.17) is 11.6 Å². The van der Waals surface area contributed by atoms with E-state index in [1.54, 1.807) is 6.07 Å². The van der Waals surface area contributed by atoms with Gasteiger partial charge in [0.25, 0.3) is 0 Å². The molecule has 0 radical (unpaired) electrons. The highest BCUT2D eigenvalue weighted by atomic mass is 35.5. The highest BCUT2D eigenvalue weighted by Gasteiger charge is 2.17. The van der Waals surface area contributed by atoms with Crippen LogP contribution in [0.4, 0.5) is 5.69 Å². The van der Waals surface area contributed by atoms with Crippen molar-refractivity contribution in [2.45, 2.75) is 0 Å². The van der Waals surface area contributed by atoms with Crippen LogP contribution in [0.5, 0.6) is 0 Å². The molecule has 5 heteroatoms. The van der Waals surface area contributed by atoms with Crippen LogP contribution in [0, 0.1) is 0 Å². The second-order valence-corrected chi connectivity index (χ2v) is 5.47. The minimum atomic E-state index is -0.415. The number of benzene rings is 2. The smallest absolute Gasteiger partial charge is 0.332 e. The Hall–Kier alpha value is -2.59. The normalized spacial score (nSPS) is 15.2. The summed E-state index contributed by atoms with van der Waals surface area (Å²) in [7, 11) is 1.35. The molecular weight excluding hydrogens is 312 g/mol. The first-order chi connectivity index (χ1) is 11.2. The number of aliphatic imine (C=N–C) groups is 1. The molecule has 0 aromatic heterocycles. The van der Waals surface area contributed by atoms with Crippen LogP contribution in [-0.2, 0) is 9.53 Å². The Morgan fingerprint density at radius 1 is 1.26 bits per heavy atom. The third-order valence-corrected chi connectivity index (χ3v) is 3.72. The van der Waals surface area contributed by atoms with Gasteiger partial charge in [-0.25, -0.2) is 4.79 Å². The van der Waals surface area contributed by atoms with Gasteiger partial charge in [0.05, 0.1) is 19.4 Å². The summed E-state index contributed by atoms with van der Waals surface area (Å²) in [5.41, 5.74) is 4.26. The lowest BCUT2D eigenvalue weighted by molar-refractivity contribution is -0.134. The van der Waals surface area contributed by atoms with Crippen LogP contribution in [0.15, 0.2) is 65.3 Å². The molecule has 0 saturated heterocycles. The van der Waals surface area contributed by atoms with Crippen molar-refractivity contribution < 1.29 is 9.53 Å². The van der Waals surface area contributed by atoms with Gasteiger partial charge in [-0.05, 0) is 18.2 Å². The number of rotatable bonds is 2. The van der Waals surface area contributed by atoms with E-state index in [-0.39, 0.29) is 0 Å². The molecule has 2 aromatic rings. The van der Waals surface area contributed by atoms with Crippen LogP contribution in [0.25, 0.3) is 0 Å². The van der Waals surface area contributed by atoms with Gasteiger partial charge in [0.15, 0.2) is 0 Å². The maximum Gasteiger partial charge on any atom is 0.332 e. The molecule has 0 fully saturated rings. The van der Waals surface area contributed by atoms with Gasteiger partial charge in [0.2, 0.25) is 0 Å². The Bertz CT molecular complexity index is 798. The first-order valence-electron chi connectivity index (χ1n) is 7.12. The van der Waals surface area contributed by atoms with Crippen molar-refractivity contribution in [2.75, 3.05) is 19.0 Å². The number of hydrogen-bond acceptors (Lipinski definition) is 4. The number of nitrogens with one attached hydrogen (secondary N) is 1. The number of carbonyl (C=O) groups excluding carboxylic acids is 1. The minimum absolute atomic E-state index is 0.353. The van der Waals surface area contributed by atoms with Crippen LogP contribution >= 0.6 is 11.6 Å². The third kappa shape index (κ3) is 3.43. The number of esters is 1. The molecule has 4 nitrogen and oxygen atoms in total. The summed E-state index contributed by atoms with van der Waals surface area (Å²) in [6.07, 6.45) is 1.41. The monoisotopic (exact) mass is 326 g/mol. The van der Waals surface area contributed by atoms with E-state index >= 15 is 0 Å². The molecule has 0 unspecified atom stereocenters. The molecule has 0 saturated carbocycles. The lowest BCUT2D eigenvalue weighted by Crippen LogP contribution is -2.07. The Kier molecular flexibility index (Phi) is 4.44. The molecule has 23 heavy (non-hydrogen) atoms. The molecule has 3 rings (SSSR count). The molecule has 1 aliphatic heterocycles. The van der Waals surface area contributed by atoms with Gasteiger partial charge < -0.3 is 10.1 Å².